The van der Waals surface area contributed by atoms with Gasteiger partial charge in [-0.3, -0.25) is 4.79 Å². The molecule has 0 saturated carbocycles. The Hall–Kier alpha value is -2.43. The van der Waals surface area contributed by atoms with Gasteiger partial charge in [0.25, 0.3) is 5.91 Å². The second-order valence-corrected chi connectivity index (χ2v) is 5.80. The molecule has 1 fully saturated rings. The van der Waals surface area contributed by atoms with Gasteiger partial charge in [0.15, 0.2) is 0 Å². The number of aryl methyl sites for hydroxylation is 2. The van der Waals surface area contributed by atoms with Crippen molar-refractivity contribution >= 4 is 17.5 Å². The molecule has 0 bridgehead atoms. The number of rotatable bonds is 3. The van der Waals surface area contributed by atoms with Gasteiger partial charge in [-0.2, -0.15) is 0 Å². The standard InChI is InChI=1S/C17H20N4O/c1-12-7-13(2)9-14(8-12)16(22)20-15-10-18-17(19-11-15)21-5-3-4-6-21/h7-11H,3-6H2,1-2H3,(H,20,22). The largest absolute Gasteiger partial charge is 0.341 e. The molecule has 1 amide bonds. The number of carbonyl (C=O) groups excluding carboxylic acids is 1. The summed E-state index contributed by atoms with van der Waals surface area (Å²) in [6, 6.07) is 5.80. The van der Waals surface area contributed by atoms with Gasteiger partial charge in [-0.25, -0.2) is 9.97 Å². The zero-order chi connectivity index (χ0) is 15.5. The first-order chi connectivity index (χ1) is 10.6. The van der Waals surface area contributed by atoms with Gasteiger partial charge in [0.05, 0.1) is 18.1 Å². The molecule has 0 unspecified atom stereocenters. The van der Waals surface area contributed by atoms with E-state index in [1.54, 1.807) is 12.4 Å². The molecular weight excluding hydrogens is 276 g/mol. The Morgan fingerprint density at radius 1 is 1.05 bits per heavy atom. The van der Waals surface area contributed by atoms with E-state index in [-0.39, 0.29) is 5.91 Å². The summed E-state index contributed by atoms with van der Waals surface area (Å²) in [5, 5.41) is 2.85. The highest BCUT2D eigenvalue weighted by Gasteiger charge is 2.15. The Morgan fingerprint density at radius 2 is 1.64 bits per heavy atom. The smallest absolute Gasteiger partial charge is 0.255 e. The molecule has 2 heterocycles. The maximum atomic E-state index is 12.3. The minimum absolute atomic E-state index is 0.135. The molecule has 114 valence electrons. The number of nitrogens with zero attached hydrogens (tertiary/aromatic N) is 3. The third-order valence-electron chi connectivity index (χ3n) is 3.77. The SMILES string of the molecule is Cc1cc(C)cc(C(=O)Nc2cnc(N3CCCC3)nc2)c1. The first-order valence-corrected chi connectivity index (χ1v) is 7.58. The summed E-state index contributed by atoms with van der Waals surface area (Å²) in [5.41, 5.74) is 3.42. The monoisotopic (exact) mass is 296 g/mol. The fourth-order valence-corrected chi connectivity index (χ4v) is 2.78. The van der Waals surface area contributed by atoms with Crippen LogP contribution in [0.4, 0.5) is 11.6 Å². The number of nitrogens with one attached hydrogen (secondary N) is 1. The molecule has 1 aromatic heterocycles. The number of anilines is 2. The van der Waals surface area contributed by atoms with E-state index in [9.17, 15) is 4.79 Å². The van der Waals surface area contributed by atoms with Crippen LogP contribution < -0.4 is 10.2 Å². The van der Waals surface area contributed by atoms with Gasteiger partial charge in [-0.15, -0.1) is 0 Å². The van der Waals surface area contributed by atoms with Gasteiger partial charge in [0, 0.05) is 18.7 Å². The lowest BCUT2D eigenvalue weighted by molar-refractivity contribution is 0.102. The van der Waals surface area contributed by atoms with Gasteiger partial charge in [0.1, 0.15) is 0 Å². The second-order valence-electron chi connectivity index (χ2n) is 5.80. The van der Waals surface area contributed by atoms with Crippen molar-refractivity contribution in [3.05, 3.63) is 47.3 Å². The number of benzene rings is 1. The van der Waals surface area contributed by atoms with E-state index in [4.69, 9.17) is 0 Å². The molecule has 0 spiro atoms. The molecule has 1 aliphatic rings. The van der Waals surface area contributed by atoms with Crippen LogP contribution in [0.3, 0.4) is 0 Å². The predicted molar refractivity (Wildman–Crippen MR) is 87.3 cm³/mol. The van der Waals surface area contributed by atoms with Crippen LogP contribution in [0.1, 0.15) is 34.3 Å². The Bertz CT molecular complexity index is 655. The predicted octanol–water partition coefficient (Wildman–Crippen LogP) is 2.95. The fourth-order valence-electron chi connectivity index (χ4n) is 2.78. The first kappa shape index (κ1) is 14.5. The average Bonchev–Trinajstić information content (AvgIpc) is 3.01. The molecular formula is C17H20N4O. The van der Waals surface area contributed by atoms with Crippen LogP contribution in [0.5, 0.6) is 0 Å². The number of aromatic nitrogens is 2. The quantitative estimate of drug-likeness (QED) is 0.946. The van der Waals surface area contributed by atoms with E-state index in [0.29, 0.717) is 11.3 Å². The summed E-state index contributed by atoms with van der Waals surface area (Å²) in [6.07, 6.45) is 5.71. The van der Waals surface area contributed by atoms with Gasteiger partial charge < -0.3 is 10.2 Å². The summed E-state index contributed by atoms with van der Waals surface area (Å²) in [6.45, 7) is 5.98. The van der Waals surface area contributed by atoms with Gasteiger partial charge in [0.2, 0.25) is 5.95 Å². The fraction of sp³-hybridized carbons (Fsp3) is 0.353. The molecule has 1 aliphatic heterocycles. The molecule has 1 saturated heterocycles. The molecule has 0 aliphatic carbocycles. The van der Waals surface area contributed by atoms with Crippen LogP contribution in [0.25, 0.3) is 0 Å². The van der Waals surface area contributed by atoms with Crippen LogP contribution in [-0.4, -0.2) is 29.0 Å². The zero-order valence-corrected chi connectivity index (χ0v) is 13.0. The van der Waals surface area contributed by atoms with Crippen LogP contribution >= 0.6 is 0 Å². The summed E-state index contributed by atoms with van der Waals surface area (Å²) in [5.74, 6) is 0.603. The molecule has 5 nitrogen and oxygen atoms in total. The maximum absolute atomic E-state index is 12.3. The van der Waals surface area contributed by atoms with Crippen molar-refractivity contribution in [3.8, 4) is 0 Å². The van der Waals surface area contributed by atoms with E-state index in [0.717, 1.165) is 30.2 Å². The highest BCUT2D eigenvalue weighted by atomic mass is 16.1. The van der Waals surface area contributed by atoms with Crippen LogP contribution in [0, 0.1) is 13.8 Å². The summed E-state index contributed by atoms with van der Waals surface area (Å²) in [4.78, 5) is 23.1. The van der Waals surface area contributed by atoms with E-state index in [1.165, 1.54) is 12.8 Å². The highest BCUT2D eigenvalue weighted by molar-refractivity contribution is 6.04. The lowest BCUT2D eigenvalue weighted by Crippen LogP contribution is -2.20. The van der Waals surface area contributed by atoms with Crippen molar-refractivity contribution in [2.24, 2.45) is 0 Å². The third-order valence-corrected chi connectivity index (χ3v) is 3.77. The van der Waals surface area contributed by atoms with E-state index >= 15 is 0 Å². The van der Waals surface area contributed by atoms with E-state index < -0.39 is 0 Å². The highest BCUT2D eigenvalue weighted by Crippen LogP contribution is 2.17. The summed E-state index contributed by atoms with van der Waals surface area (Å²) in [7, 11) is 0. The lowest BCUT2D eigenvalue weighted by atomic mass is 10.1. The topological polar surface area (TPSA) is 58.1 Å². The molecule has 1 N–H and O–H groups in total. The normalized spacial score (nSPS) is 14.2. The molecule has 2 aromatic rings. The minimum atomic E-state index is -0.135. The Morgan fingerprint density at radius 3 is 2.23 bits per heavy atom. The number of carbonyl (C=O) groups is 1. The molecule has 1 aromatic carbocycles. The molecule has 0 atom stereocenters. The third kappa shape index (κ3) is 3.24. The van der Waals surface area contributed by atoms with Gasteiger partial charge >= 0.3 is 0 Å². The second kappa shape index (κ2) is 6.13. The molecule has 0 radical (unpaired) electrons. The van der Waals surface area contributed by atoms with Crippen LogP contribution in [0.2, 0.25) is 0 Å². The number of amides is 1. The Kier molecular flexibility index (Phi) is 4.04. The van der Waals surface area contributed by atoms with Crippen molar-refractivity contribution in [2.75, 3.05) is 23.3 Å². The minimum Gasteiger partial charge on any atom is -0.341 e. The molecule has 5 heteroatoms. The van der Waals surface area contributed by atoms with E-state index in [1.807, 2.05) is 32.0 Å². The van der Waals surface area contributed by atoms with Crippen molar-refractivity contribution in [2.45, 2.75) is 26.7 Å². The van der Waals surface area contributed by atoms with E-state index in [2.05, 4.69) is 20.2 Å². The van der Waals surface area contributed by atoms with Crippen molar-refractivity contribution in [3.63, 3.8) is 0 Å². The van der Waals surface area contributed by atoms with Crippen molar-refractivity contribution in [1.82, 2.24) is 9.97 Å². The Labute approximate surface area is 130 Å². The van der Waals surface area contributed by atoms with Crippen molar-refractivity contribution < 1.29 is 4.79 Å². The van der Waals surface area contributed by atoms with Gasteiger partial charge in [-0.1, -0.05) is 17.2 Å². The van der Waals surface area contributed by atoms with Crippen molar-refractivity contribution in [1.29, 1.82) is 0 Å². The first-order valence-electron chi connectivity index (χ1n) is 7.58. The molecule has 3 rings (SSSR count). The van der Waals surface area contributed by atoms with Gasteiger partial charge in [-0.05, 0) is 38.8 Å². The van der Waals surface area contributed by atoms with Crippen LogP contribution in [0.15, 0.2) is 30.6 Å². The van der Waals surface area contributed by atoms with Crippen LogP contribution in [-0.2, 0) is 0 Å². The number of hydrogen-bond acceptors (Lipinski definition) is 4. The average molecular weight is 296 g/mol. The lowest BCUT2D eigenvalue weighted by Gasteiger charge is -2.14. The molecule has 22 heavy (non-hydrogen) atoms. The Balaban J connectivity index is 1.70. The maximum Gasteiger partial charge on any atom is 0.255 e. The summed E-state index contributed by atoms with van der Waals surface area (Å²) < 4.78 is 0. The zero-order valence-electron chi connectivity index (χ0n) is 13.0. The summed E-state index contributed by atoms with van der Waals surface area (Å²) >= 11 is 0. The number of hydrogen-bond donors (Lipinski definition) is 1.